The van der Waals surface area contributed by atoms with Gasteiger partial charge in [-0.15, -0.1) is 13.2 Å². The maximum absolute atomic E-state index is 3.70. The van der Waals surface area contributed by atoms with Crippen molar-refractivity contribution in [2.45, 2.75) is 12.2 Å². The van der Waals surface area contributed by atoms with Crippen molar-refractivity contribution in [2.24, 2.45) is 0 Å². The Morgan fingerprint density at radius 2 is 1.86 bits per heavy atom. The molecule has 5 heteroatoms. The molecule has 0 radical (unpaired) electrons. The minimum atomic E-state index is 0.710. The molecule has 0 saturated carbocycles. The van der Waals surface area contributed by atoms with E-state index in [4.69, 9.17) is 0 Å². The Bertz CT molecular complexity index is 148. The van der Waals surface area contributed by atoms with E-state index in [9.17, 15) is 0 Å². The molecule has 82 valence electrons. The maximum atomic E-state index is 3.70. The summed E-state index contributed by atoms with van der Waals surface area (Å²) in [6, 6.07) is 0. The SMILES string of the molecule is C=CCSCC(C)SSSSCC=C. The van der Waals surface area contributed by atoms with Crippen molar-refractivity contribution in [3.05, 3.63) is 25.3 Å². The molecular formula is C9H16S5. The second kappa shape index (κ2) is 12.3. The first-order chi connectivity index (χ1) is 6.81. The zero-order chi connectivity index (χ0) is 10.6. The van der Waals surface area contributed by atoms with Gasteiger partial charge in [0.2, 0.25) is 0 Å². The molecule has 0 nitrogen and oxygen atoms in total. The summed E-state index contributed by atoms with van der Waals surface area (Å²) in [6.07, 6.45) is 3.90. The highest BCUT2D eigenvalue weighted by molar-refractivity contribution is 9.26. The van der Waals surface area contributed by atoms with Crippen molar-refractivity contribution >= 4 is 53.0 Å². The van der Waals surface area contributed by atoms with Crippen LogP contribution in [0, 0.1) is 0 Å². The van der Waals surface area contributed by atoms with Crippen molar-refractivity contribution in [1.29, 1.82) is 0 Å². The molecule has 0 aliphatic rings. The Labute approximate surface area is 107 Å². The summed E-state index contributed by atoms with van der Waals surface area (Å²) in [5.74, 6) is 3.29. The van der Waals surface area contributed by atoms with Crippen molar-refractivity contribution in [1.82, 2.24) is 0 Å². The van der Waals surface area contributed by atoms with Crippen molar-refractivity contribution in [2.75, 3.05) is 17.3 Å². The van der Waals surface area contributed by atoms with Gasteiger partial charge in [-0.2, -0.15) is 11.8 Å². The third-order valence-electron chi connectivity index (χ3n) is 1.05. The van der Waals surface area contributed by atoms with Crippen LogP contribution >= 0.6 is 53.0 Å². The molecule has 0 rings (SSSR count). The van der Waals surface area contributed by atoms with E-state index in [1.54, 1.807) is 0 Å². The molecule has 0 aromatic carbocycles. The molecule has 0 amide bonds. The molecule has 0 aliphatic carbocycles. The Balaban J connectivity index is 3.13. The van der Waals surface area contributed by atoms with Gasteiger partial charge in [0.25, 0.3) is 0 Å². The van der Waals surface area contributed by atoms with Crippen LogP contribution in [-0.4, -0.2) is 22.5 Å². The number of hydrogen-bond acceptors (Lipinski definition) is 5. The van der Waals surface area contributed by atoms with Gasteiger partial charge in [0.15, 0.2) is 0 Å². The molecule has 0 heterocycles. The normalized spacial score (nSPS) is 12.4. The molecule has 0 spiro atoms. The van der Waals surface area contributed by atoms with E-state index in [-0.39, 0.29) is 0 Å². The quantitative estimate of drug-likeness (QED) is 0.308. The predicted molar refractivity (Wildman–Crippen MR) is 82.4 cm³/mol. The van der Waals surface area contributed by atoms with Crippen LogP contribution in [0.3, 0.4) is 0 Å². The van der Waals surface area contributed by atoms with Gasteiger partial charge in [-0.25, -0.2) is 0 Å². The number of rotatable bonds is 10. The summed E-state index contributed by atoms with van der Waals surface area (Å²) in [6.45, 7) is 9.65. The smallest absolute Gasteiger partial charge is 0.0223 e. The van der Waals surface area contributed by atoms with Gasteiger partial charge in [0, 0.05) is 22.5 Å². The van der Waals surface area contributed by atoms with Crippen LogP contribution in [0.25, 0.3) is 0 Å². The lowest BCUT2D eigenvalue weighted by Crippen LogP contribution is -1.97. The minimum Gasteiger partial charge on any atom is -0.157 e. The second-order valence-electron chi connectivity index (χ2n) is 2.44. The highest BCUT2D eigenvalue weighted by Gasteiger charge is 2.02. The zero-order valence-corrected chi connectivity index (χ0v) is 12.4. The molecule has 0 N–H and O–H groups in total. The van der Waals surface area contributed by atoms with Gasteiger partial charge in [-0.05, 0) is 19.7 Å². The molecule has 0 bridgehead atoms. The van der Waals surface area contributed by atoms with Crippen LogP contribution < -0.4 is 0 Å². The molecule has 1 unspecified atom stereocenters. The summed E-state index contributed by atoms with van der Waals surface area (Å²) >= 11 is 1.95. The molecule has 0 saturated heterocycles. The van der Waals surface area contributed by atoms with Gasteiger partial charge in [0.1, 0.15) is 0 Å². The first kappa shape index (κ1) is 15.2. The van der Waals surface area contributed by atoms with Crippen LogP contribution in [0.15, 0.2) is 25.3 Å². The topological polar surface area (TPSA) is 0 Å². The van der Waals surface area contributed by atoms with Crippen LogP contribution in [0.5, 0.6) is 0 Å². The summed E-state index contributed by atoms with van der Waals surface area (Å²) < 4.78 is 0. The standard InChI is InChI=1S/C9H16S5/c1-4-6-10-8-9(3)12-14-13-11-7-5-2/h4-5,9H,1-2,6-8H2,3H3. The fourth-order valence-electron chi connectivity index (χ4n) is 0.524. The van der Waals surface area contributed by atoms with Gasteiger partial charge in [0.05, 0.1) is 0 Å². The van der Waals surface area contributed by atoms with E-state index in [0.717, 1.165) is 11.5 Å². The molecule has 1 atom stereocenters. The first-order valence-corrected chi connectivity index (χ1v) is 10.4. The van der Waals surface area contributed by atoms with Gasteiger partial charge >= 0.3 is 0 Å². The Morgan fingerprint density at radius 3 is 2.50 bits per heavy atom. The van der Waals surface area contributed by atoms with Crippen LogP contribution in [-0.2, 0) is 0 Å². The van der Waals surface area contributed by atoms with Crippen molar-refractivity contribution in [3.63, 3.8) is 0 Å². The second-order valence-corrected chi connectivity index (χ2v) is 9.91. The molecule has 0 aliphatic heterocycles. The summed E-state index contributed by atoms with van der Waals surface area (Å²) in [5, 5.41) is 0.710. The maximum Gasteiger partial charge on any atom is 0.0223 e. The summed E-state index contributed by atoms with van der Waals surface area (Å²) in [7, 11) is 7.50. The predicted octanol–water partition coefficient (Wildman–Crippen LogP) is 5.16. The van der Waals surface area contributed by atoms with Crippen LogP contribution in [0.4, 0.5) is 0 Å². The summed E-state index contributed by atoms with van der Waals surface area (Å²) in [4.78, 5) is 0. The monoisotopic (exact) mass is 284 g/mol. The first-order valence-electron chi connectivity index (χ1n) is 4.22. The highest BCUT2D eigenvalue weighted by Crippen LogP contribution is 2.45. The molecule has 0 aromatic heterocycles. The van der Waals surface area contributed by atoms with Crippen LogP contribution in [0.2, 0.25) is 0 Å². The van der Waals surface area contributed by atoms with E-state index in [0.29, 0.717) is 5.25 Å². The van der Waals surface area contributed by atoms with Gasteiger partial charge in [-0.3, -0.25) is 0 Å². The largest absolute Gasteiger partial charge is 0.157 e. The van der Waals surface area contributed by atoms with Gasteiger partial charge < -0.3 is 0 Å². The third-order valence-corrected chi connectivity index (χ3v) is 9.23. The molecular weight excluding hydrogens is 268 g/mol. The van der Waals surface area contributed by atoms with E-state index in [1.165, 1.54) is 5.75 Å². The minimum absolute atomic E-state index is 0.710. The van der Waals surface area contributed by atoms with Crippen molar-refractivity contribution < 1.29 is 0 Å². The zero-order valence-electron chi connectivity index (χ0n) is 8.31. The Kier molecular flexibility index (Phi) is 13.4. The average Bonchev–Trinajstić information content (AvgIpc) is 2.18. The van der Waals surface area contributed by atoms with E-state index >= 15 is 0 Å². The fourth-order valence-corrected chi connectivity index (χ4v) is 7.87. The molecule has 0 aromatic rings. The number of hydrogen-bond donors (Lipinski definition) is 0. The lowest BCUT2D eigenvalue weighted by atomic mass is 10.6. The van der Waals surface area contributed by atoms with E-state index in [2.05, 4.69) is 20.1 Å². The molecule has 0 fully saturated rings. The lowest BCUT2D eigenvalue weighted by Gasteiger charge is -2.07. The average molecular weight is 285 g/mol. The third kappa shape index (κ3) is 11.3. The van der Waals surface area contributed by atoms with E-state index in [1.807, 2.05) is 65.2 Å². The highest BCUT2D eigenvalue weighted by atomic mass is 33.7. The summed E-state index contributed by atoms with van der Waals surface area (Å²) in [5.41, 5.74) is 0. The van der Waals surface area contributed by atoms with E-state index < -0.39 is 0 Å². The number of thioether (sulfide) groups is 1. The lowest BCUT2D eigenvalue weighted by molar-refractivity contribution is 1.14. The Morgan fingerprint density at radius 1 is 1.14 bits per heavy atom. The molecule has 14 heavy (non-hydrogen) atoms. The van der Waals surface area contributed by atoms with Gasteiger partial charge in [-0.1, -0.05) is 40.7 Å². The van der Waals surface area contributed by atoms with Crippen LogP contribution in [0.1, 0.15) is 6.92 Å². The van der Waals surface area contributed by atoms with Crippen molar-refractivity contribution in [3.8, 4) is 0 Å². The Hall–Kier alpha value is 1.23. The fraction of sp³-hybridized carbons (Fsp3) is 0.556.